The highest BCUT2D eigenvalue weighted by Gasteiger charge is 2.57. The molecule has 1 N–H and O–H groups in total. The van der Waals surface area contributed by atoms with Crippen molar-refractivity contribution >= 4 is 22.9 Å². The predicted octanol–water partition coefficient (Wildman–Crippen LogP) is 10.5. The van der Waals surface area contributed by atoms with Gasteiger partial charge in [-0.1, -0.05) is 109 Å². The Morgan fingerprint density at radius 1 is 0.803 bits per heavy atom. The number of aliphatic hydroxyl groups is 1. The number of carbonyl (C=O) groups is 2. The number of esters is 2. The molecule has 61 heavy (non-hydrogen) atoms. The molecule has 1 fully saturated rings. The van der Waals surface area contributed by atoms with Crippen LogP contribution in [0.5, 0.6) is 5.75 Å². The molecule has 5 aliphatic rings. The van der Waals surface area contributed by atoms with Gasteiger partial charge in [-0.05, 0) is 111 Å². The van der Waals surface area contributed by atoms with E-state index in [9.17, 15) is 19.5 Å². The molecule has 5 aromatic rings. The van der Waals surface area contributed by atoms with Gasteiger partial charge in [-0.25, -0.2) is 9.59 Å². The minimum Gasteiger partial charge on any atom is -0.483 e. The second-order valence-corrected chi connectivity index (χ2v) is 18.0. The molecule has 1 aromatic heterocycles. The normalized spacial score (nSPS) is 25.6. The van der Waals surface area contributed by atoms with Gasteiger partial charge in [0.15, 0.2) is 12.2 Å². The van der Waals surface area contributed by atoms with Crippen LogP contribution in [-0.2, 0) is 38.5 Å². The fraction of sp³-hybridized carbons (Fsp3) is 0.377. The third-order valence-electron chi connectivity index (χ3n) is 13.8. The molecule has 0 saturated heterocycles. The zero-order valence-electron chi connectivity index (χ0n) is 35.2. The van der Waals surface area contributed by atoms with Crippen molar-refractivity contribution in [1.82, 2.24) is 0 Å². The fourth-order valence-corrected chi connectivity index (χ4v) is 10.5. The van der Waals surface area contributed by atoms with Crippen LogP contribution in [0.2, 0.25) is 0 Å². The maximum absolute atomic E-state index is 14.9. The molecule has 0 amide bonds. The Morgan fingerprint density at radius 3 is 2.33 bits per heavy atom. The van der Waals surface area contributed by atoms with Gasteiger partial charge in [0.2, 0.25) is 0 Å². The first-order chi connectivity index (χ1) is 29.6. The quantitative estimate of drug-likeness (QED) is 0.0808. The van der Waals surface area contributed by atoms with E-state index >= 15 is 0 Å². The van der Waals surface area contributed by atoms with E-state index in [-0.39, 0.29) is 35.7 Å². The lowest BCUT2D eigenvalue weighted by Gasteiger charge is -2.48. The summed E-state index contributed by atoms with van der Waals surface area (Å²) >= 11 is 0. The first-order valence-corrected chi connectivity index (χ1v) is 21.9. The Labute approximate surface area is 357 Å². The largest absolute Gasteiger partial charge is 0.483 e. The molecule has 0 radical (unpaired) electrons. The number of allylic oxidation sites excluding steroid dienone is 3. The van der Waals surface area contributed by atoms with Crippen molar-refractivity contribution in [1.29, 1.82) is 0 Å². The summed E-state index contributed by atoms with van der Waals surface area (Å²) in [5.74, 6) is -0.625. The van der Waals surface area contributed by atoms with Crippen molar-refractivity contribution in [3.05, 3.63) is 170 Å². The number of aliphatic hydroxyl groups excluding tert-OH is 1. The summed E-state index contributed by atoms with van der Waals surface area (Å²) < 4.78 is 26.3. The molecule has 1 saturated carbocycles. The van der Waals surface area contributed by atoms with E-state index in [4.69, 9.17) is 18.6 Å². The SMILES string of the molecule is CC(C)=C1CCc2ccc(cc2)[C@@H]2C=C[C@@H](c3cccc(Cc4ccccc4)c3)C[C@H]2CC(=O)O[C@@H]2c3c(ccc4c(CO)cc(=O)oc34)O[C@@](C)(C3CCCC3)[C@H]2OC1=O. The second-order valence-electron chi connectivity index (χ2n) is 18.0. The summed E-state index contributed by atoms with van der Waals surface area (Å²) in [6.07, 6.45) is 8.78. The van der Waals surface area contributed by atoms with Gasteiger partial charge in [0.1, 0.15) is 16.9 Å². The van der Waals surface area contributed by atoms with Crippen LogP contribution in [0.4, 0.5) is 0 Å². The van der Waals surface area contributed by atoms with Crippen molar-refractivity contribution in [2.75, 3.05) is 0 Å². The number of ether oxygens (including phenoxy) is 3. The summed E-state index contributed by atoms with van der Waals surface area (Å²) in [6, 6.07) is 32.6. The minimum atomic E-state index is -1.17. The molecule has 0 unspecified atom stereocenters. The van der Waals surface area contributed by atoms with Gasteiger partial charge in [-0.2, -0.15) is 0 Å². The Kier molecular flexibility index (Phi) is 11.3. The summed E-state index contributed by atoms with van der Waals surface area (Å²) in [5.41, 5.74) is 6.43. The molecule has 6 atom stereocenters. The Balaban J connectivity index is 1.15. The van der Waals surface area contributed by atoms with Crippen LogP contribution in [0.15, 0.2) is 130 Å². The van der Waals surface area contributed by atoms with Crippen molar-refractivity contribution in [2.24, 2.45) is 11.8 Å². The van der Waals surface area contributed by atoms with Crippen molar-refractivity contribution in [3.63, 3.8) is 0 Å². The highest BCUT2D eigenvalue weighted by molar-refractivity contribution is 5.90. The van der Waals surface area contributed by atoms with Crippen LogP contribution in [0.25, 0.3) is 11.0 Å². The van der Waals surface area contributed by atoms with E-state index in [0.717, 1.165) is 55.2 Å². The maximum atomic E-state index is 14.9. The molecule has 8 heteroatoms. The molecule has 10 rings (SSSR count). The molecular formula is C53H54O8. The molecule has 314 valence electrons. The van der Waals surface area contributed by atoms with Gasteiger partial charge in [0, 0.05) is 41.2 Å². The molecule has 0 spiro atoms. The summed E-state index contributed by atoms with van der Waals surface area (Å²) in [6.45, 7) is 5.40. The number of aryl methyl sites for hydroxylation is 1. The zero-order chi connectivity index (χ0) is 42.3. The van der Waals surface area contributed by atoms with Gasteiger partial charge in [-0.15, -0.1) is 0 Å². The summed E-state index contributed by atoms with van der Waals surface area (Å²) in [4.78, 5) is 42.5. The monoisotopic (exact) mass is 818 g/mol. The van der Waals surface area contributed by atoms with Gasteiger partial charge < -0.3 is 23.7 Å². The Hall–Kier alpha value is -5.73. The van der Waals surface area contributed by atoms with E-state index in [1.807, 2.05) is 26.8 Å². The van der Waals surface area contributed by atoms with Crippen LogP contribution < -0.4 is 10.4 Å². The van der Waals surface area contributed by atoms with Crippen molar-refractivity contribution < 1.29 is 33.3 Å². The Morgan fingerprint density at radius 2 is 1.57 bits per heavy atom. The number of hydrogen-bond donors (Lipinski definition) is 1. The van der Waals surface area contributed by atoms with E-state index in [1.54, 1.807) is 12.1 Å². The molecule has 2 aliphatic carbocycles. The third kappa shape index (κ3) is 8.10. The van der Waals surface area contributed by atoms with Crippen LogP contribution in [-0.4, -0.2) is 28.8 Å². The topological polar surface area (TPSA) is 112 Å². The lowest BCUT2D eigenvalue weighted by Crippen LogP contribution is -2.58. The average Bonchev–Trinajstić information content (AvgIpc) is 3.81. The van der Waals surface area contributed by atoms with Crippen LogP contribution in [0, 0.1) is 11.8 Å². The fourth-order valence-electron chi connectivity index (χ4n) is 10.5. The minimum absolute atomic E-state index is 0.00359. The van der Waals surface area contributed by atoms with E-state index in [0.29, 0.717) is 40.7 Å². The molecular weight excluding hydrogens is 765 g/mol. The van der Waals surface area contributed by atoms with E-state index in [1.165, 1.54) is 22.8 Å². The molecule has 8 nitrogen and oxygen atoms in total. The van der Waals surface area contributed by atoms with Crippen LogP contribution in [0.1, 0.15) is 123 Å². The maximum Gasteiger partial charge on any atom is 0.336 e. The van der Waals surface area contributed by atoms with Gasteiger partial charge >= 0.3 is 17.6 Å². The zero-order valence-corrected chi connectivity index (χ0v) is 35.2. The smallest absolute Gasteiger partial charge is 0.336 e. The summed E-state index contributed by atoms with van der Waals surface area (Å²) in [7, 11) is 0. The van der Waals surface area contributed by atoms with Gasteiger partial charge in [-0.3, -0.25) is 4.79 Å². The molecule has 3 aliphatic heterocycles. The highest BCUT2D eigenvalue weighted by atomic mass is 16.6. The second kappa shape index (κ2) is 17.0. The lowest BCUT2D eigenvalue weighted by atomic mass is 9.72. The third-order valence-corrected chi connectivity index (χ3v) is 13.8. The van der Waals surface area contributed by atoms with Crippen molar-refractivity contribution in [2.45, 2.75) is 115 Å². The van der Waals surface area contributed by atoms with Crippen molar-refractivity contribution in [3.8, 4) is 5.75 Å². The number of carbonyl (C=O) groups excluding carboxylic acids is 2. The lowest BCUT2D eigenvalue weighted by molar-refractivity contribution is -0.199. The molecule has 4 heterocycles. The highest BCUT2D eigenvalue weighted by Crippen LogP contribution is 2.53. The number of hydrogen-bond acceptors (Lipinski definition) is 8. The van der Waals surface area contributed by atoms with Gasteiger partial charge in [0.05, 0.1) is 12.2 Å². The standard InChI is InChI=1S/C53H54O8/c1-32(2)42-22-18-33-16-19-36(20-17-33)43-23-21-38(37-13-9-12-35(27-37)26-34-10-5-4-6-11-34)28-39(43)29-46(55)59-50-48-45(25-24-44-40(31-54)30-47(56)58-49(44)48)61-53(3,41-14-7-8-15-41)51(50)60-52(42)57/h4-6,9-13,16-17,19-21,23-25,27,30,38-39,41,43,50-51,54H,7-8,14-15,18,22,26,28-29,31H2,1-3H3/t38-,39+,43+,50-,51+,53+/m1/s1. The van der Waals surface area contributed by atoms with E-state index in [2.05, 4.69) is 84.9 Å². The van der Waals surface area contributed by atoms with E-state index < -0.39 is 42.0 Å². The molecule has 2 bridgehead atoms. The first kappa shape index (κ1) is 40.7. The van der Waals surface area contributed by atoms with Crippen LogP contribution >= 0.6 is 0 Å². The average molecular weight is 819 g/mol. The predicted molar refractivity (Wildman–Crippen MR) is 234 cm³/mol. The molecule has 4 aromatic carbocycles. The summed E-state index contributed by atoms with van der Waals surface area (Å²) in [5, 5.41) is 10.8. The first-order valence-electron chi connectivity index (χ1n) is 21.9. The Bertz CT molecular complexity index is 2560. The number of fused-ring (bicyclic) bond motifs is 11. The number of benzene rings is 4. The van der Waals surface area contributed by atoms with Crippen LogP contribution in [0.3, 0.4) is 0 Å². The van der Waals surface area contributed by atoms with Gasteiger partial charge in [0.25, 0.3) is 0 Å². The number of rotatable bonds is 5.